The largest absolute Gasteiger partial charge is 0.337 e. The molecule has 5 heteroatoms. The Hall–Kier alpha value is -2.16. The summed E-state index contributed by atoms with van der Waals surface area (Å²) in [6.07, 6.45) is 0. The van der Waals surface area contributed by atoms with Gasteiger partial charge in [0.25, 0.3) is 0 Å². The lowest BCUT2D eigenvalue weighted by Crippen LogP contribution is -2.51. The normalized spacial score (nSPS) is 14.6. The summed E-state index contributed by atoms with van der Waals surface area (Å²) in [5.41, 5.74) is 1.46. The molecule has 0 aliphatic rings. The number of hydrogen-bond donors (Lipinski definition) is 2. The molecule has 1 aromatic carbocycles. The standard InChI is InChI=1S/C20H25N3OS/c1-14(2)20(4,13-21)23-18(24)12-22-19(17-6-5-11-25-17)16-9-7-15(3)8-10-16/h5-11,14,19,22H,12H2,1-4H3,(H,23,24)/t19-,20+/m0/s1. The highest BCUT2D eigenvalue weighted by molar-refractivity contribution is 7.10. The molecule has 1 aromatic heterocycles. The monoisotopic (exact) mass is 355 g/mol. The number of benzene rings is 1. The second kappa shape index (κ2) is 8.28. The second-order valence-corrected chi connectivity index (χ2v) is 7.74. The molecule has 0 spiro atoms. The van der Waals surface area contributed by atoms with E-state index in [0.717, 1.165) is 10.4 Å². The van der Waals surface area contributed by atoms with Crippen LogP contribution in [-0.4, -0.2) is 18.0 Å². The number of aryl methyl sites for hydroxylation is 1. The lowest BCUT2D eigenvalue weighted by molar-refractivity contribution is -0.121. The van der Waals surface area contributed by atoms with Gasteiger partial charge in [-0.2, -0.15) is 5.26 Å². The highest BCUT2D eigenvalue weighted by Crippen LogP contribution is 2.26. The topological polar surface area (TPSA) is 64.9 Å². The van der Waals surface area contributed by atoms with E-state index in [4.69, 9.17) is 0 Å². The molecule has 2 rings (SSSR count). The lowest BCUT2D eigenvalue weighted by atomic mass is 9.90. The maximum absolute atomic E-state index is 12.4. The van der Waals surface area contributed by atoms with Crippen LogP contribution in [-0.2, 0) is 4.79 Å². The summed E-state index contributed by atoms with van der Waals surface area (Å²) in [5.74, 6) is -0.141. The van der Waals surface area contributed by atoms with Gasteiger partial charge in [0.2, 0.25) is 5.91 Å². The highest BCUT2D eigenvalue weighted by Gasteiger charge is 2.30. The molecule has 4 nitrogen and oxygen atoms in total. The molecule has 132 valence electrons. The van der Waals surface area contributed by atoms with Crippen molar-refractivity contribution in [1.29, 1.82) is 5.26 Å². The van der Waals surface area contributed by atoms with Crippen molar-refractivity contribution in [2.75, 3.05) is 6.54 Å². The lowest BCUT2D eigenvalue weighted by Gasteiger charge is -2.28. The number of carbonyl (C=O) groups excluding carboxylic acids is 1. The molecule has 0 aliphatic heterocycles. The molecule has 0 saturated carbocycles. The maximum atomic E-state index is 12.4. The van der Waals surface area contributed by atoms with Crippen LogP contribution >= 0.6 is 11.3 Å². The molecule has 0 radical (unpaired) electrons. The molecular formula is C20H25N3OS. The highest BCUT2D eigenvalue weighted by atomic mass is 32.1. The van der Waals surface area contributed by atoms with Gasteiger partial charge in [-0.05, 0) is 36.8 Å². The van der Waals surface area contributed by atoms with Crippen LogP contribution in [0.4, 0.5) is 0 Å². The SMILES string of the molecule is Cc1ccc([C@H](NCC(=O)N[C@](C)(C#N)C(C)C)c2cccs2)cc1. The number of hydrogen-bond acceptors (Lipinski definition) is 4. The Morgan fingerprint density at radius 3 is 2.48 bits per heavy atom. The van der Waals surface area contributed by atoms with E-state index in [-0.39, 0.29) is 24.4 Å². The molecule has 0 aliphatic carbocycles. The first-order valence-corrected chi connectivity index (χ1v) is 9.29. The van der Waals surface area contributed by atoms with Crippen molar-refractivity contribution in [1.82, 2.24) is 10.6 Å². The van der Waals surface area contributed by atoms with E-state index >= 15 is 0 Å². The zero-order valence-corrected chi connectivity index (χ0v) is 16.0. The molecule has 0 fully saturated rings. The van der Waals surface area contributed by atoms with E-state index in [1.165, 1.54) is 5.56 Å². The van der Waals surface area contributed by atoms with Gasteiger partial charge in [0.1, 0.15) is 5.54 Å². The van der Waals surface area contributed by atoms with Crippen LogP contribution in [0.2, 0.25) is 0 Å². The summed E-state index contributed by atoms with van der Waals surface area (Å²) < 4.78 is 0. The van der Waals surface area contributed by atoms with Crippen LogP contribution in [0.25, 0.3) is 0 Å². The molecule has 0 saturated heterocycles. The summed E-state index contributed by atoms with van der Waals surface area (Å²) in [6, 6.07) is 14.5. The molecule has 2 aromatic rings. The first-order valence-electron chi connectivity index (χ1n) is 8.41. The first-order chi connectivity index (χ1) is 11.9. The quantitative estimate of drug-likeness (QED) is 0.794. The number of amides is 1. The van der Waals surface area contributed by atoms with E-state index in [9.17, 15) is 10.1 Å². The fourth-order valence-electron chi connectivity index (χ4n) is 2.43. The predicted molar refractivity (Wildman–Crippen MR) is 102 cm³/mol. The molecule has 2 N–H and O–H groups in total. The number of nitriles is 1. The van der Waals surface area contributed by atoms with Crippen molar-refractivity contribution < 1.29 is 4.79 Å². The second-order valence-electron chi connectivity index (χ2n) is 6.76. The molecule has 1 amide bonds. The molecular weight excluding hydrogens is 330 g/mol. The zero-order chi connectivity index (χ0) is 18.4. The average molecular weight is 356 g/mol. The molecule has 25 heavy (non-hydrogen) atoms. The minimum atomic E-state index is -0.860. The van der Waals surface area contributed by atoms with E-state index in [0.29, 0.717) is 0 Å². The van der Waals surface area contributed by atoms with E-state index < -0.39 is 5.54 Å². The summed E-state index contributed by atoms with van der Waals surface area (Å²) in [6.45, 7) is 7.82. The molecule has 1 heterocycles. The Morgan fingerprint density at radius 1 is 1.28 bits per heavy atom. The van der Waals surface area contributed by atoms with Crippen molar-refractivity contribution in [2.45, 2.75) is 39.3 Å². The van der Waals surface area contributed by atoms with Crippen LogP contribution in [0.1, 0.15) is 42.8 Å². The minimum absolute atomic E-state index is 0.0339. The Balaban J connectivity index is 2.10. The van der Waals surface area contributed by atoms with Gasteiger partial charge in [-0.3, -0.25) is 10.1 Å². The Morgan fingerprint density at radius 2 is 1.96 bits per heavy atom. The number of nitrogens with one attached hydrogen (secondary N) is 2. The van der Waals surface area contributed by atoms with Gasteiger partial charge in [0.05, 0.1) is 18.7 Å². The average Bonchev–Trinajstić information content (AvgIpc) is 3.10. The first kappa shape index (κ1) is 19.2. The Bertz CT molecular complexity index is 731. The maximum Gasteiger partial charge on any atom is 0.235 e. The van der Waals surface area contributed by atoms with Crippen molar-refractivity contribution in [2.24, 2.45) is 5.92 Å². The number of thiophene rings is 1. The predicted octanol–water partition coefficient (Wildman–Crippen LogP) is 3.79. The fourth-order valence-corrected chi connectivity index (χ4v) is 3.25. The van der Waals surface area contributed by atoms with E-state index in [1.54, 1.807) is 18.3 Å². The van der Waals surface area contributed by atoms with Gasteiger partial charge in [-0.15, -0.1) is 11.3 Å². The van der Waals surface area contributed by atoms with Crippen molar-refractivity contribution in [3.63, 3.8) is 0 Å². The summed E-state index contributed by atoms with van der Waals surface area (Å²) >= 11 is 1.66. The van der Waals surface area contributed by atoms with E-state index in [2.05, 4.69) is 54.0 Å². The number of nitrogens with zero attached hydrogens (tertiary/aromatic N) is 1. The fraction of sp³-hybridized carbons (Fsp3) is 0.400. The van der Waals surface area contributed by atoms with Crippen molar-refractivity contribution in [3.05, 3.63) is 57.8 Å². The van der Waals surface area contributed by atoms with Crippen LogP contribution in [0.3, 0.4) is 0 Å². The van der Waals surface area contributed by atoms with Gasteiger partial charge in [0.15, 0.2) is 0 Å². The Kier molecular flexibility index (Phi) is 6.35. The minimum Gasteiger partial charge on any atom is -0.337 e. The van der Waals surface area contributed by atoms with Gasteiger partial charge < -0.3 is 5.32 Å². The third-order valence-electron chi connectivity index (χ3n) is 4.49. The third kappa shape index (κ3) is 4.91. The Labute approximate surface area is 153 Å². The van der Waals surface area contributed by atoms with Crippen molar-refractivity contribution in [3.8, 4) is 6.07 Å². The molecule has 0 bridgehead atoms. The third-order valence-corrected chi connectivity index (χ3v) is 5.43. The van der Waals surface area contributed by atoms with Gasteiger partial charge >= 0.3 is 0 Å². The molecule has 2 atom stereocenters. The van der Waals surface area contributed by atoms with Gasteiger partial charge in [0, 0.05) is 4.88 Å². The van der Waals surface area contributed by atoms with Crippen LogP contribution < -0.4 is 10.6 Å². The number of rotatable bonds is 7. The summed E-state index contributed by atoms with van der Waals surface area (Å²) in [7, 11) is 0. The van der Waals surface area contributed by atoms with Gasteiger partial charge in [-0.1, -0.05) is 49.7 Å². The summed E-state index contributed by atoms with van der Waals surface area (Å²) in [4.78, 5) is 13.5. The van der Waals surface area contributed by atoms with E-state index in [1.807, 2.05) is 25.3 Å². The van der Waals surface area contributed by atoms with Crippen LogP contribution in [0, 0.1) is 24.2 Å². The van der Waals surface area contributed by atoms with Crippen LogP contribution in [0.5, 0.6) is 0 Å². The molecule has 0 unspecified atom stereocenters. The van der Waals surface area contributed by atoms with Crippen LogP contribution in [0.15, 0.2) is 41.8 Å². The van der Waals surface area contributed by atoms with Crippen molar-refractivity contribution >= 4 is 17.2 Å². The smallest absolute Gasteiger partial charge is 0.235 e. The van der Waals surface area contributed by atoms with Gasteiger partial charge in [-0.25, -0.2) is 0 Å². The zero-order valence-electron chi connectivity index (χ0n) is 15.2. The number of carbonyl (C=O) groups is 1. The summed E-state index contributed by atoms with van der Waals surface area (Å²) in [5, 5.41) is 17.6.